The van der Waals surface area contributed by atoms with Crippen molar-refractivity contribution in [2.45, 2.75) is 20.3 Å². The van der Waals surface area contributed by atoms with E-state index in [1.54, 1.807) is 0 Å². The Morgan fingerprint density at radius 3 is 1.62 bits per heavy atom. The fraction of sp³-hybridized carbons (Fsp3) is 0.182. The summed E-state index contributed by atoms with van der Waals surface area (Å²) in [5.41, 5.74) is 1.49. The van der Waals surface area contributed by atoms with Gasteiger partial charge in [-0.05, 0) is 41.7 Å². The van der Waals surface area contributed by atoms with Crippen LogP contribution in [0.5, 0.6) is 0 Å². The Kier molecular flexibility index (Phi) is 7.45. The molecule has 3 aromatic rings. The first-order valence-electron chi connectivity index (χ1n) is 8.24. The Labute approximate surface area is 164 Å². The summed E-state index contributed by atoms with van der Waals surface area (Å²) < 4.78 is 0. The highest BCUT2D eigenvalue weighted by atomic mass is 127. The molecule has 0 unspecified atom stereocenters. The minimum Gasteiger partial charge on any atom is -0.107 e. The SMILES string of the molecule is CC(C)Cc1ccccc1P(c1ccccc1)c1ccccc1.I. The van der Waals surface area contributed by atoms with E-state index in [1.165, 1.54) is 21.5 Å². The van der Waals surface area contributed by atoms with Crippen molar-refractivity contribution >= 4 is 47.8 Å². The molecular weight excluding hydrogens is 422 g/mol. The van der Waals surface area contributed by atoms with Gasteiger partial charge in [0.1, 0.15) is 0 Å². The third-order valence-electron chi connectivity index (χ3n) is 3.89. The van der Waals surface area contributed by atoms with Crippen LogP contribution in [0.4, 0.5) is 0 Å². The van der Waals surface area contributed by atoms with E-state index in [2.05, 4.69) is 98.8 Å². The Morgan fingerprint density at radius 2 is 1.12 bits per heavy atom. The first-order chi connectivity index (χ1) is 11.3. The van der Waals surface area contributed by atoms with Crippen LogP contribution in [0.2, 0.25) is 0 Å². The molecule has 3 rings (SSSR count). The molecule has 0 aliphatic heterocycles. The number of benzene rings is 3. The summed E-state index contributed by atoms with van der Waals surface area (Å²) in [6.45, 7) is 4.59. The van der Waals surface area contributed by atoms with Crippen LogP contribution in [0, 0.1) is 5.92 Å². The molecule has 2 heteroatoms. The fourth-order valence-corrected chi connectivity index (χ4v) is 5.41. The third-order valence-corrected chi connectivity index (χ3v) is 6.44. The van der Waals surface area contributed by atoms with Crippen molar-refractivity contribution in [1.29, 1.82) is 0 Å². The lowest BCUT2D eigenvalue weighted by molar-refractivity contribution is 0.649. The summed E-state index contributed by atoms with van der Waals surface area (Å²) in [6.07, 6.45) is 1.13. The largest absolute Gasteiger partial charge is 0.107 e. The first kappa shape index (κ1) is 19.1. The third kappa shape index (κ3) is 4.68. The van der Waals surface area contributed by atoms with E-state index in [1.807, 2.05) is 0 Å². The molecule has 0 aliphatic rings. The van der Waals surface area contributed by atoms with Gasteiger partial charge in [0.05, 0.1) is 0 Å². The molecule has 0 bridgehead atoms. The highest BCUT2D eigenvalue weighted by Gasteiger charge is 2.19. The summed E-state index contributed by atoms with van der Waals surface area (Å²) >= 11 is 0. The van der Waals surface area contributed by atoms with E-state index in [0.717, 1.165) is 6.42 Å². The van der Waals surface area contributed by atoms with Crippen LogP contribution in [-0.2, 0) is 6.42 Å². The van der Waals surface area contributed by atoms with Crippen molar-refractivity contribution in [1.82, 2.24) is 0 Å². The lowest BCUT2D eigenvalue weighted by Gasteiger charge is -2.23. The molecule has 0 atom stereocenters. The van der Waals surface area contributed by atoms with Crippen molar-refractivity contribution in [3.8, 4) is 0 Å². The predicted molar refractivity (Wildman–Crippen MR) is 119 cm³/mol. The number of halogens is 1. The van der Waals surface area contributed by atoms with E-state index in [9.17, 15) is 0 Å². The lowest BCUT2D eigenvalue weighted by atomic mass is 10.0. The summed E-state index contributed by atoms with van der Waals surface area (Å²) in [5.74, 6) is 0.666. The van der Waals surface area contributed by atoms with Crippen LogP contribution >= 0.6 is 31.9 Å². The zero-order chi connectivity index (χ0) is 16.1. The average Bonchev–Trinajstić information content (AvgIpc) is 2.58. The maximum Gasteiger partial charge on any atom is -0.0119 e. The van der Waals surface area contributed by atoms with Gasteiger partial charge in [-0.2, -0.15) is 0 Å². The highest BCUT2D eigenvalue weighted by Crippen LogP contribution is 2.34. The van der Waals surface area contributed by atoms with E-state index in [0.29, 0.717) is 5.92 Å². The molecule has 0 saturated carbocycles. The standard InChI is InChI=1S/C22H23P.HI/c1-18(2)17-19-11-9-10-16-22(19)23(20-12-5-3-6-13-20)21-14-7-4-8-15-21;/h3-16,18H,17H2,1-2H3;1H. The van der Waals surface area contributed by atoms with Gasteiger partial charge >= 0.3 is 0 Å². The first-order valence-corrected chi connectivity index (χ1v) is 9.58. The van der Waals surface area contributed by atoms with Crippen molar-refractivity contribution in [2.75, 3.05) is 0 Å². The quantitative estimate of drug-likeness (QED) is 0.371. The van der Waals surface area contributed by atoms with Crippen LogP contribution in [0.3, 0.4) is 0 Å². The van der Waals surface area contributed by atoms with Crippen molar-refractivity contribution in [3.63, 3.8) is 0 Å². The van der Waals surface area contributed by atoms with Crippen LogP contribution in [0.15, 0.2) is 84.9 Å². The predicted octanol–water partition coefficient (Wildman–Crippen LogP) is 5.26. The molecular formula is C22H24IP. The van der Waals surface area contributed by atoms with Gasteiger partial charge in [-0.1, -0.05) is 98.8 Å². The molecule has 24 heavy (non-hydrogen) atoms. The number of hydrogen-bond donors (Lipinski definition) is 0. The van der Waals surface area contributed by atoms with Gasteiger partial charge in [-0.25, -0.2) is 0 Å². The Balaban J connectivity index is 0.00000208. The minimum atomic E-state index is -0.497. The summed E-state index contributed by atoms with van der Waals surface area (Å²) in [6, 6.07) is 30.9. The summed E-state index contributed by atoms with van der Waals surface area (Å²) in [5, 5.41) is 4.34. The second-order valence-electron chi connectivity index (χ2n) is 6.23. The number of hydrogen-bond acceptors (Lipinski definition) is 0. The Morgan fingerprint density at radius 1 is 0.667 bits per heavy atom. The molecule has 0 aliphatic carbocycles. The molecule has 0 aromatic heterocycles. The van der Waals surface area contributed by atoms with Crippen molar-refractivity contribution in [2.24, 2.45) is 5.92 Å². The van der Waals surface area contributed by atoms with Gasteiger partial charge in [-0.15, -0.1) is 24.0 Å². The molecule has 0 heterocycles. The molecule has 0 N–H and O–H groups in total. The van der Waals surface area contributed by atoms with Crippen molar-refractivity contribution < 1.29 is 0 Å². The van der Waals surface area contributed by atoms with Crippen LogP contribution in [0.25, 0.3) is 0 Å². The Hall–Kier alpha value is -1.18. The van der Waals surface area contributed by atoms with Gasteiger partial charge < -0.3 is 0 Å². The van der Waals surface area contributed by atoms with Crippen LogP contribution in [0.1, 0.15) is 19.4 Å². The summed E-state index contributed by atoms with van der Waals surface area (Å²) in [7, 11) is -0.497. The lowest BCUT2D eigenvalue weighted by Crippen LogP contribution is -2.23. The zero-order valence-electron chi connectivity index (χ0n) is 14.2. The van der Waals surface area contributed by atoms with Crippen LogP contribution < -0.4 is 15.9 Å². The molecule has 0 spiro atoms. The molecule has 0 fully saturated rings. The van der Waals surface area contributed by atoms with Gasteiger partial charge in [0.25, 0.3) is 0 Å². The Bertz CT molecular complexity index is 699. The minimum absolute atomic E-state index is 0. The maximum absolute atomic E-state index is 2.32. The second kappa shape index (κ2) is 9.34. The van der Waals surface area contributed by atoms with Gasteiger partial charge in [0, 0.05) is 0 Å². The second-order valence-corrected chi connectivity index (χ2v) is 8.42. The van der Waals surface area contributed by atoms with Gasteiger partial charge in [-0.3, -0.25) is 0 Å². The molecule has 0 radical (unpaired) electrons. The van der Waals surface area contributed by atoms with E-state index in [4.69, 9.17) is 0 Å². The van der Waals surface area contributed by atoms with E-state index >= 15 is 0 Å². The summed E-state index contributed by atoms with van der Waals surface area (Å²) in [4.78, 5) is 0. The maximum atomic E-state index is 2.32. The molecule has 0 saturated heterocycles. The monoisotopic (exact) mass is 446 g/mol. The topological polar surface area (TPSA) is 0 Å². The van der Waals surface area contributed by atoms with E-state index < -0.39 is 7.92 Å². The van der Waals surface area contributed by atoms with Crippen LogP contribution in [-0.4, -0.2) is 0 Å². The van der Waals surface area contributed by atoms with Crippen molar-refractivity contribution in [3.05, 3.63) is 90.5 Å². The van der Waals surface area contributed by atoms with E-state index in [-0.39, 0.29) is 24.0 Å². The normalized spacial score (nSPS) is 10.7. The smallest absolute Gasteiger partial charge is 0.0119 e. The molecule has 124 valence electrons. The molecule has 0 nitrogen and oxygen atoms in total. The number of rotatable bonds is 5. The molecule has 0 amide bonds. The van der Waals surface area contributed by atoms with Gasteiger partial charge in [0.2, 0.25) is 0 Å². The fourth-order valence-electron chi connectivity index (χ4n) is 2.92. The van der Waals surface area contributed by atoms with Gasteiger partial charge in [0.15, 0.2) is 0 Å². The zero-order valence-corrected chi connectivity index (χ0v) is 17.4. The molecule has 3 aromatic carbocycles. The average molecular weight is 446 g/mol. The highest BCUT2D eigenvalue weighted by molar-refractivity contribution is 14.0.